The third-order valence-electron chi connectivity index (χ3n) is 10.6. The molecule has 0 nitrogen and oxygen atoms in total. The number of halogens is 1. The van der Waals surface area contributed by atoms with Crippen molar-refractivity contribution in [1.82, 2.24) is 0 Å². The lowest BCUT2D eigenvalue weighted by Gasteiger charge is -2.49. The van der Waals surface area contributed by atoms with Gasteiger partial charge in [0.05, 0.1) is 10.8 Å². The van der Waals surface area contributed by atoms with Crippen LogP contribution in [0.3, 0.4) is 0 Å². The van der Waals surface area contributed by atoms with Gasteiger partial charge in [0.25, 0.3) is 0 Å². The normalized spacial score (nSPS) is 15.1. The van der Waals surface area contributed by atoms with Crippen LogP contribution in [0.25, 0.3) is 33.4 Å². The van der Waals surface area contributed by atoms with Gasteiger partial charge in [0.2, 0.25) is 0 Å². The van der Waals surface area contributed by atoms with E-state index in [-0.39, 0.29) is 5.82 Å². The maximum Gasteiger partial charge on any atom is 0.123 e. The standard InChI is InChI=1S/C44H27F/c45-29-26-24-28(25-27-29)30-16-11-23-41-42(30)44(37-19-7-3-14-33(37)34-15-4-8-20-38(34)44)40-22-10-9-21-39(40)43(41)35-17-5-1-12-31(35)32-13-2-6-18-36(32)43/h1-27H. The summed E-state index contributed by atoms with van der Waals surface area (Å²) >= 11 is 0. The zero-order valence-electron chi connectivity index (χ0n) is 24.5. The van der Waals surface area contributed by atoms with E-state index in [2.05, 4.69) is 140 Å². The first-order valence-electron chi connectivity index (χ1n) is 15.6. The van der Waals surface area contributed by atoms with E-state index in [9.17, 15) is 4.39 Å². The lowest BCUT2D eigenvalue weighted by atomic mass is 9.51. The molecule has 0 bridgehead atoms. The average molecular weight is 575 g/mol. The lowest BCUT2D eigenvalue weighted by Crippen LogP contribution is -2.44. The Labute approximate surface area is 262 Å². The fourth-order valence-electron chi connectivity index (χ4n) is 9.17. The average Bonchev–Trinajstić information content (AvgIpc) is 3.56. The van der Waals surface area contributed by atoms with Crippen molar-refractivity contribution >= 4 is 0 Å². The van der Waals surface area contributed by atoms with Crippen molar-refractivity contribution < 1.29 is 4.39 Å². The zero-order chi connectivity index (χ0) is 29.8. The monoisotopic (exact) mass is 574 g/mol. The van der Waals surface area contributed by atoms with Crippen molar-refractivity contribution in [1.29, 1.82) is 0 Å². The molecule has 3 aliphatic rings. The van der Waals surface area contributed by atoms with Gasteiger partial charge in [-0.2, -0.15) is 0 Å². The van der Waals surface area contributed by atoms with E-state index in [0.717, 1.165) is 11.1 Å². The molecular formula is C44H27F. The van der Waals surface area contributed by atoms with Gasteiger partial charge in [-0.1, -0.05) is 152 Å². The maximum absolute atomic E-state index is 14.4. The summed E-state index contributed by atoms with van der Waals surface area (Å²) < 4.78 is 14.4. The molecule has 0 radical (unpaired) electrons. The predicted molar refractivity (Wildman–Crippen MR) is 180 cm³/mol. The predicted octanol–water partition coefficient (Wildman–Crippen LogP) is 10.5. The molecule has 45 heavy (non-hydrogen) atoms. The Bertz CT molecular complexity index is 2250. The summed E-state index contributed by atoms with van der Waals surface area (Å²) in [6.07, 6.45) is 0. The summed E-state index contributed by atoms with van der Waals surface area (Å²) in [5.41, 5.74) is 16.6. The van der Waals surface area contributed by atoms with E-state index in [4.69, 9.17) is 0 Å². The summed E-state index contributed by atoms with van der Waals surface area (Å²) in [6, 6.07) is 58.8. The Morgan fingerprint density at radius 1 is 0.289 bits per heavy atom. The van der Waals surface area contributed by atoms with E-state index < -0.39 is 10.8 Å². The summed E-state index contributed by atoms with van der Waals surface area (Å²) in [7, 11) is 0. The number of fused-ring (bicyclic) bond motifs is 16. The van der Waals surface area contributed by atoms with Crippen molar-refractivity contribution in [3.63, 3.8) is 0 Å². The van der Waals surface area contributed by atoms with E-state index >= 15 is 0 Å². The highest BCUT2D eigenvalue weighted by Crippen LogP contribution is 2.68. The minimum absolute atomic E-state index is 0.227. The largest absolute Gasteiger partial charge is 0.207 e. The minimum Gasteiger partial charge on any atom is -0.207 e. The molecule has 210 valence electrons. The highest BCUT2D eigenvalue weighted by Gasteiger charge is 2.59. The van der Waals surface area contributed by atoms with Gasteiger partial charge in [0, 0.05) is 0 Å². The summed E-state index contributed by atoms with van der Waals surface area (Å²) in [4.78, 5) is 0. The molecule has 0 saturated carbocycles. The Morgan fingerprint density at radius 2 is 0.644 bits per heavy atom. The summed E-state index contributed by atoms with van der Waals surface area (Å²) in [5.74, 6) is -0.227. The van der Waals surface area contributed by atoms with E-state index in [0.29, 0.717) is 0 Å². The van der Waals surface area contributed by atoms with Gasteiger partial charge < -0.3 is 0 Å². The molecule has 0 fully saturated rings. The molecular weight excluding hydrogens is 547 g/mol. The van der Waals surface area contributed by atoms with Crippen LogP contribution in [0.5, 0.6) is 0 Å². The number of benzene rings is 7. The van der Waals surface area contributed by atoms with Crippen molar-refractivity contribution in [3.8, 4) is 33.4 Å². The van der Waals surface area contributed by atoms with E-state index in [1.54, 1.807) is 12.1 Å². The first-order chi connectivity index (χ1) is 22.3. The van der Waals surface area contributed by atoms with Crippen LogP contribution in [-0.4, -0.2) is 0 Å². The van der Waals surface area contributed by atoms with Crippen LogP contribution in [0.1, 0.15) is 44.5 Å². The minimum atomic E-state index is -0.568. The molecule has 0 N–H and O–H groups in total. The molecule has 0 atom stereocenters. The SMILES string of the molecule is Fc1ccc(-c2cccc3c2C2(c4ccccc4-c4ccccc42)c2ccccc2C32c3ccccc3-c3ccccc32)cc1. The van der Waals surface area contributed by atoms with E-state index in [1.165, 1.54) is 66.8 Å². The van der Waals surface area contributed by atoms with Gasteiger partial charge in [-0.05, 0) is 90.0 Å². The fraction of sp³-hybridized carbons (Fsp3) is 0.0455. The first-order valence-corrected chi connectivity index (χ1v) is 15.6. The quantitative estimate of drug-likeness (QED) is 0.183. The van der Waals surface area contributed by atoms with Crippen LogP contribution >= 0.6 is 0 Å². The van der Waals surface area contributed by atoms with E-state index in [1.807, 2.05) is 12.1 Å². The van der Waals surface area contributed by atoms with Crippen molar-refractivity contribution in [3.05, 3.63) is 214 Å². The molecule has 2 spiro atoms. The van der Waals surface area contributed by atoms with Gasteiger partial charge in [-0.25, -0.2) is 4.39 Å². The molecule has 7 aromatic carbocycles. The summed E-state index contributed by atoms with van der Waals surface area (Å²) in [6.45, 7) is 0. The molecule has 0 heterocycles. The second-order valence-corrected chi connectivity index (χ2v) is 12.5. The van der Waals surface area contributed by atoms with Crippen LogP contribution < -0.4 is 0 Å². The van der Waals surface area contributed by atoms with Gasteiger partial charge in [-0.15, -0.1) is 0 Å². The second-order valence-electron chi connectivity index (χ2n) is 12.5. The zero-order valence-corrected chi connectivity index (χ0v) is 24.5. The van der Waals surface area contributed by atoms with Gasteiger partial charge in [0.1, 0.15) is 5.82 Å². The first kappa shape index (κ1) is 24.9. The number of hydrogen-bond acceptors (Lipinski definition) is 0. The Morgan fingerprint density at radius 3 is 1.13 bits per heavy atom. The number of rotatable bonds is 1. The maximum atomic E-state index is 14.4. The third-order valence-corrected chi connectivity index (χ3v) is 10.6. The van der Waals surface area contributed by atoms with Crippen LogP contribution in [0.4, 0.5) is 4.39 Å². The third kappa shape index (κ3) is 2.87. The molecule has 10 rings (SSSR count). The van der Waals surface area contributed by atoms with Crippen molar-refractivity contribution in [2.24, 2.45) is 0 Å². The fourth-order valence-corrected chi connectivity index (χ4v) is 9.17. The molecule has 0 aliphatic heterocycles. The molecule has 0 aromatic heterocycles. The molecule has 3 aliphatic carbocycles. The highest BCUT2D eigenvalue weighted by atomic mass is 19.1. The Kier molecular flexibility index (Phi) is 4.85. The topological polar surface area (TPSA) is 0 Å². The van der Waals surface area contributed by atoms with Crippen LogP contribution in [0, 0.1) is 5.82 Å². The Balaban J connectivity index is 1.48. The second kappa shape index (κ2) is 8.77. The van der Waals surface area contributed by atoms with Crippen LogP contribution in [0.2, 0.25) is 0 Å². The van der Waals surface area contributed by atoms with Gasteiger partial charge >= 0.3 is 0 Å². The van der Waals surface area contributed by atoms with Gasteiger partial charge in [-0.3, -0.25) is 0 Å². The number of hydrogen-bond donors (Lipinski definition) is 0. The van der Waals surface area contributed by atoms with Crippen LogP contribution in [0.15, 0.2) is 164 Å². The molecule has 0 unspecified atom stereocenters. The molecule has 0 amide bonds. The van der Waals surface area contributed by atoms with Crippen molar-refractivity contribution in [2.45, 2.75) is 10.8 Å². The van der Waals surface area contributed by atoms with Crippen molar-refractivity contribution in [2.75, 3.05) is 0 Å². The molecule has 1 heteroatoms. The Hall–Kier alpha value is -5.53. The van der Waals surface area contributed by atoms with Gasteiger partial charge in [0.15, 0.2) is 0 Å². The molecule has 0 saturated heterocycles. The molecule has 7 aromatic rings. The summed E-state index contributed by atoms with van der Waals surface area (Å²) in [5, 5.41) is 0. The lowest BCUT2D eigenvalue weighted by molar-refractivity contribution is 0.627. The highest BCUT2D eigenvalue weighted by molar-refractivity contribution is 5.96. The smallest absolute Gasteiger partial charge is 0.123 e. The van der Waals surface area contributed by atoms with Crippen LogP contribution in [-0.2, 0) is 10.8 Å².